The zero-order chi connectivity index (χ0) is 17.1. The lowest BCUT2D eigenvalue weighted by Crippen LogP contribution is -2.42. The van der Waals surface area contributed by atoms with Gasteiger partial charge in [-0.2, -0.15) is 0 Å². The van der Waals surface area contributed by atoms with E-state index in [1.165, 1.54) is 57.7 Å². The molecule has 1 N–H and O–H groups in total. The van der Waals surface area contributed by atoms with Crippen LogP contribution in [0.4, 0.5) is 0 Å². The number of ether oxygens (including phenoxy) is 1. The maximum atomic E-state index is 5.48. The molecule has 0 unspecified atom stereocenters. The molecule has 0 spiro atoms. The lowest BCUT2D eigenvalue weighted by atomic mass is 9.98. The summed E-state index contributed by atoms with van der Waals surface area (Å²) < 4.78 is 5.48. The average molecular weight is 349 g/mol. The van der Waals surface area contributed by atoms with Crippen molar-refractivity contribution in [3.63, 3.8) is 0 Å². The van der Waals surface area contributed by atoms with Gasteiger partial charge < -0.3 is 15.0 Å². The van der Waals surface area contributed by atoms with Gasteiger partial charge in [0.25, 0.3) is 0 Å². The molecular weight excluding hydrogens is 312 g/mol. The molecule has 2 heterocycles. The van der Waals surface area contributed by atoms with E-state index in [9.17, 15) is 0 Å². The van der Waals surface area contributed by atoms with Gasteiger partial charge in [-0.25, -0.2) is 0 Å². The third kappa shape index (κ3) is 4.88. The van der Waals surface area contributed by atoms with Gasteiger partial charge in [0.2, 0.25) is 0 Å². The molecule has 2 aliphatic carbocycles. The summed E-state index contributed by atoms with van der Waals surface area (Å²) in [6.45, 7) is 11.8. The van der Waals surface area contributed by atoms with Crippen molar-refractivity contribution in [3.8, 4) is 0 Å². The highest BCUT2D eigenvalue weighted by Crippen LogP contribution is 2.49. The normalized spacial score (nSPS) is 28.8. The van der Waals surface area contributed by atoms with Crippen molar-refractivity contribution in [2.75, 3.05) is 59.0 Å². The molecule has 0 aromatic carbocycles. The summed E-state index contributed by atoms with van der Waals surface area (Å²) in [6.07, 6.45) is 7.13. The Morgan fingerprint density at radius 1 is 1.08 bits per heavy atom. The van der Waals surface area contributed by atoms with Crippen molar-refractivity contribution in [1.29, 1.82) is 0 Å². The number of nitrogens with one attached hydrogen (secondary N) is 1. The third-order valence-corrected chi connectivity index (χ3v) is 6.45. The quantitative estimate of drug-likeness (QED) is 0.565. The summed E-state index contributed by atoms with van der Waals surface area (Å²) in [5.41, 5.74) is 0. The topological polar surface area (TPSA) is 40.1 Å². The first-order valence-corrected chi connectivity index (χ1v) is 10.7. The summed E-state index contributed by atoms with van der Waals surface area (Å²) in [5.74, 6) is 4.82. The maximum absolute atomic E-state index is 5.48. The van der Waals surface area contributed by atoms with Crippen LogP contribution in [0.1, 0.15) is 39.0 Å². The summed E-state index contributed by atoms with van der Waals surface area (Å²) in [6, 6.07) is 0. The van der Waals surface area contributed by atoms with Gasteiger partial charge in [0.05, 0.1) is 13.2 Å². The first-order chi connectivity index (χ1) is 12.3. The Kier molecular flexibility index (Phi) is 5.81. The molecule has 0 radical (unpaired) electrons. The third-order valence-electron chi connectivity index (χ3n) is 6.45. The first-order valence-electron chi connectivity index (χ1n) is 10.7. The number of hydrogen-bond donors (Lipinski definition) is 1. The standard InChI is InChI=1S/C20H36N4O/c1-2-21-20(22-13-19(17-3-4-17)18-5-6-18)24-8-7-16(15-24)14-23-9-11-25-12-10-23/h16-19H,2-15H2,1H3,(H,21,22)/t16-/m0/s1. The monoisotopic (exact) mass is 348 g/mol. The van der Waals surface area contributed by atoms with Gasteiger partial charge in [-0.1, -0.05) is 0 Å². The molecule has 142 valence electrons. The van der Waals surface area contributed by atoms with Crippen LogP contribution in [0.5, 0.6) is 0 Å². The Bertz CT molecular complexity index is 443. The van der Waals surface area contributed by atoms with Crippen molar-refractivity contribution in [2.45, 2.75) is 39.0 Å². The second kappa shape index (κ2) is 8.26. The molecule has 0 aromatic heterocycles. The number of guanidine groups is 1. The number of aliphatic imine (C=N–C) groups is 1. The van der Waals surface area contributed by atoms with Gasteiger partial charge >= 0.3 is 0 Å². The van der Waals surface area contributed by atoms with E-state index in [-0.39, 0.29) is 0 Å². The predicted octanol–water partition coefficient (Wildman–Crippen LogP) is 2.04. The Labute approximate surface area is 153 Å². The van der Waals surface area contributed by atoms with Crippen LogP contribution >= 0.6 is 0 Å². The van der Waals surface area contributed by atoms with Gasteiger partial charge in [-0.3, -0.25) is 9.89 Å². The minimum absolute atomic E-state index is 0.782. The van der Waals surface area contributed by atoms with Crippen molar-refractivity contribution >= 4 is 5.96 Å². The smallest absolute Gasteiger partial charge is 0.193 e. The highest BCUT2D eigenvalue weighted by molar-refractivity contribution is 5.80. The minimum Gasteiger partial charge on any atom is -0.379 e. The number of likely N-dealkylation sites (tertiary alicyclic amines) is 1. The van der Waals surface area contributed by atoms with E-state index in [1.807, 2.05) is 0 Å². The van der Waals surface area contributed by atoms with Gasteiger partial charge in [-0.15, -0.1) is 0 Å². The minimum atomic E-state index is 0.782. The lowest BCUT2D eigenvalue weighted by Gasteiger charge is -2.29. The molecule has 1 atom stereocenters. The molecule has 2 saturated heterocycles. The molecule has 2 saturated carbocycles. The molecule has 5 nitrogen and oxygen atoms in total. The molecule has 0 amide bonds. The van der Waals surface area contributed by atoms with E-state index < -0.39 is 0 Å². The van der Waals surface area contributed by atoms with Crippen molar-refractivity contribution in [2.24, 2.45) is 28.7 Å². The van der Waals surface area contributed by atoms with Gasteiger partial charge in [0.1, 0.15) is 0 Å². The Hall–Kier alpha value is -0.810. The van der Waals surface area contributed by atoms with Gasteiger partial charge in [0.15, 0.2) is 5.96 Å². The Balaban J connectivity index is 1.30. The first kappa shape index (κ1) is 17.6. The van der Waals surface area contributed by atoms with Crippen LogP contribution in [-0.4, -0.2) is 74.8 Å². The van der Waals surface area contributed by atoms with Crippen LogP contribution in [0.2, 0.25) is 0 Å². The predicted molar refractivity (Wildman–Crippen MR) is 102 cm³/mol. The van der Waals surface area contributed by atoms with E-state index >= 15 is 0 Å². The van der Waals surface area contributed by atoms with E-state index in [4.69, 9.17) is 9.73 Å². The Morgan fingerprint density at radius 3 is 2.44 bits per heavy atom. The molecule has 0 aromatic rings. The fraction of sp³-hybridized carbons (Fsp3) is 0.950. The average Bonchev–Trinajstić information content (AvgIpc) is 3.56. The maximum Gasteiger partial charge on any atom is 0.193 e. The summed E-state index contributed by atoms with van der Waals surface area (Å²) in [4.78, 5) is 10.2. The second-order valence-corrected chi connectivity index (χ2v) is 8.55. The van der Waals surface area contributed by atoms with Crippen molar-refractivity contribution in [1.82, 2.24) is 15.1 Å². The van der Waals surface area contributed by atoms with Crippen LogP contribution in [0.3, 0.4) is 0 Å². The van der Waals surface area contributed by atoms with E-state index in [0.717, 1.165) is 63.1 Å². The molecule has 4 fully saturated rings. The molecule has 2 aliphatic heterocycles. The second-order valence-electron chi connectivity index (χ2n) is 8.55. The molecule has 4 aliphatic rings. The number of hydrogen-bond acceptors (Lipinski definition) is 3. The molecule has 5 heteroatoms. The molecular formula is C20H36N4O. The number of rotatable bonds is 7. The van der Waals surface area contributed by atoms with Crippen LogP contribution in [0.25, 0.3) is 0 Å². The molecule has 25 heavy (non-hydrogen) atoms. The largest absolute Gasteiger partial charge is 0.379 e. The highest BCUT2D eigenvalue weighted by atomic mass is 16.5. The summed E-state index contributed by atoms with van der Waals surface area (Å²) in [7, 11) is 0. The highest BCUT2D eigenvalue weighted by Gasteiger charge is 2.41. The SMILES string of the molecule is CCNC(=NCC(C1CC1)C1CC1)N1CC[C@@H](CN2CCOCC2)C1. The lowest BCUT2D eigenvalue weighted by molar-refractivity contribution is 0.0315. The van der Waals surface area contributed by atoms with Crippen molar-refractivity contribution in [3.05, 3.63) is 0 Å². The fourth-order valence-electron chi connectivity index (χ4n) is 4.67. The van der Waals surface area contributed by atoms with E-state index in [0.29, 0.717) is 0 Å². The van der Waals surface area contributed by atoms with Crippen LogP contribution < -0.4 is 5.32 Å². The van der Waals surface area contributed by atoms with E-state index in [1.54, 1.807) is 0 Å². The zero-order valence-electron chi connectivity index (χ0n) is 16.0. The Morgan fingerprint density at radius 2 is 1.80 bits per heavy atom. The molecule has 4 rings (SSSR count). The van der Waals surface area contributed by atoms with E-state index in [2.05, 4.69) is 22.0 Å². The zero-order valence-corrected chi connectivity index (χ0v) is 16.0. The van der Waals surface area contributed by atoms with Crippen molar-refractivity contribution < 1.29 is 4.74 Å². The number of nitrogens with zero attached hydrogens (tertiary/aromatic N) is 3. The van der Waals surface area contributed by atoms with Gasteiger partial charge in [-0.05, 0) is 62.7 Å². The summed E-state index contributed by atoms with van der Waals surface area (Å²) >= 11 is 0. The van der Waals surface area contributed by atoms with Crippen LogP contribution in [0.15, 0.2) is 4.99 Å². The van der Waals surface area contributed by atoms with Crippen LogP contribution in [0, 0.1) is 23.7 Å². The fourth-order valence-corrected chi connectivity index (χ4v) is 4.67. The van der Waals surface area contributed by atoms with Gasteiger partial charge in [0, 0.05) is 45.8 Å². The van der Waals surface area contributed by atoms with Crippen LogP contribution in [-0.2, 0) is 4.74 Å². The summed E-state index contributed by atoms with van der Waals surface area (Å²) in [5, 5.41) is 3.57. The number of morpholine rings is 1. The molecule has 0 bridgehead atoms.